The highest BCUT2D eigenvalue weighted by molar-refractivity contribution is 5.25. The van der Waals surface area contributed by atoms with Crippen molar-refractivity contribution in [1.29, 1.82) is 0 Å². The summed E-state index contributed by atoms with van der Waals surface area (Å²) < 4.78 is 0. The van der Waals surface area contributed by atoms with Crippen molar-refractivity contribution in [2.24, 2.45) is 11.8 Å². The van der Waals surface area contributed by atoms with Crippen molar-refractivity contribution in [3.05, 3.63) is 29.8 Å². The van der Waals surface area contributed by atoms with E-state index in [1.165, 1.54) is 56.9 Å². The van der Waals surface area contributed by atoms with Crippen LogP contribution in [-0.4, -0.2) is 5.11 Å². The third kappa shape index (κ3) is 4.04. The minimum Gasteiger partial charge on any atom is -0.508 e. The molecule has 1 fully saturated rings. The smallest absolute Gasteiger partial charge is 0.115 e. The van der Waals surface area contributed by atoms with E-state index in [0.29, 0.717) is 5.75 Å². The first-order valence-corrected chi connectivity index (χ1v) is 7.56. The van der Waals surface area contributed by atoms with Crippen LogP contribution in [0.5, 0.6) is 5.75 Å². The molecular weight excluding hydrogens is 220 g/mol. The maximum absolute atomic E-state index is 9.25. The largest absolute Gasteiger partial charge is 0.508 e. The predicted octanol–water partition coefficient (Wildman–Crippen LogP) is 4.93. The zero-order valence-electron chi connectivity index (χ0n) is 11.6. The van der Waals surface area contributed by atoms with Crippen molar-refractivity contribution in [3.63, 3.8) is 0 Å². The standard InChI is InChI=1S/C17H26O/c1-2-3-14-4-6-15(7-5-14)8-9-16-10-12-17(18)13-11-16/h10-15,18H,2-9H2,1H3. The topological polar surface area (TPSA) is 20.2 Å². The summed E-state index contributed by atoms with van der Waals surface area (Å²) >= 11 is 0. The summed E-state index contributed by atoms with van der Waals surface area (Å²) in [5.41, 5.74) is 1.36. The number of phenols is 1. The van der Waals surface area contributed by atoms with E-state index < -0.39 is 0 Å². The molecule has 1 saturated carbocycles. The Kier molecular flexibility index (Phi) is 5.10. The highest BCUT2D eigenvalue weighted by Crippen LogP contribution is 2.33. The molecule has 18 heavy (non-hydrogen) atoms. The summed E-state index contributed by atoms with van der Waals surface area (Å²) in [5, 5.41) is 9.25. The van der Waals surface area contributed by atoms with Crippen molar-refractivity contribution >= 4 is 0 Å². The SMILES string of the molecule is CCCC1CCC(CCc2ccc(O)cc2)CC1. The lowest BCUT2D eigenvalue weighted by atomic mass is 9.78. The number of hydrogen-bond acceptors (Lipinski definition) is 1. The van der Waals surface area contributed by atoms with Gasteiger partial charge < -0.3 is 5.11 Å². The van der Waals surface area contributed by atoms with Gasteiger partial charge in [0.05, 0.1) is 0 Å². The summed E-state index contributed by atoms with van der Waals surface area (Å²) in [6, 6.07) is 7.71. The van der Waals surface area contributed by atoms with E-state index in [1.54, 1.807) is 12.1 Å². The monoisotopic (exact) mass is 246 g/mol. The van der Waals surface area contributed by atoms with Gasteiger partial charge in [0, 0.05) is 0 Å². The number of aromatic hydroxyl groups is 1. The molecule has 0 unspecified atom stereocenters. The molecule has 1 aromatic carbocycles. The van der Waals surface area contributed by atoms with Gasteiger partial charge in [0.1, 0.15) is 5.75 Å². The van der Waals surface area contributed by atoms with Crippen LogP contribution in [0.4, 0.5) is 0 Å². The molecule has 2 rings (SSSR count). The molecule has 1 aliphatic rings. The second-order valence-corrected chi connectivity index (χ2v) is 5.88. The van der Waals surface area contributed by atoms with Crippen LogP contribution in [0.1, 0.15) is 57.4 Å². The van der Waals surface area contributed by atoms with E-state index in [2.05, 4.69) is 19.1 Å². The Morgan fingerprint density at radius 2 is 1.50 bits per heavy atom. The lowest BCUT2D eigenvalue weighted by Gasteiger charge is -2.28. The molecule has 0 heterocycles. The lowest BCUT2D eigenvalue weighted by molar-refractivity contribution is 0.252. The number of rotatable bonds is 5. The highest BCUT2D eigenvalue weighted by atomic mass is 16.3. The molecule has 1 N–H and O–H groups in total. The van der Waals surface area contributed by atoms with Gasteiger partial charge in [-0.25, -0.2) is 0 Å². The average Bonchev–Trinajstić information content (AvgIpc) is 2.40. The van der Waals surface area contributed by atoms with Crippen molar-refractivity contribution < 1.29 is 5.11 Å². The fraction of sp³-hybridized carbons (Fsp3) is 0.647. The van der Waals surface area contributed by atoms with Crippen LogP contribution in [0.15, 0.2) is 24.3 Å². The van der Waals surface area contributed by atoms with E-state index in [4.69, 9.17) is 0 Å². The van der Waals surface area contributed by atoms with Crippen LogP contribution < -0.4 is 0 Å². The van der Waals surface area contributed by atoms with Gasteiger partial charge in [0.15, 0.2) is 0 Å². The Labute approximate surface area is 111 Å². The van der Waals surface area contributed by atoms with Crippen molar-refractivity contribution in [2.75, 3.05) is 0 Å². The molecule has 0 saturated heterocycles. The van der Waals surface area contributed by atoms with Crippen LogP contribution in [0.3, 0.4) is 0 Å². The highest BCUT2D eigenvalue weighted by Gasteiger charge is 2.20. The quantitative estimate of drug-likeness (QED) is 0.781. The molecule has 0 bridgehead atoms. The third-order valence-electron chi connectivity index (χ3n) is 4.44. The molecule has 1 heteroatoms. The van der Waals surface area contributed by atoms with E-state index in [-0.39, 0.29) is 0 Å². The van der Waals surface area contributed by atoms with E-state index in [9.17, 15) is 5.11 Å². The first kappa shape index (κ1) is 13.5. The van der Waals surface area contributed by atoms with Crippen LogP contribution in [0.25, 0.3) is 0 Å². The van der Waals surface area contributed by atoms with Gasteiger partial charge in [-0.1, -0.05) is 57.6 Å². The Hall–Kier alpha value is -0.980. The maximum atomic E-state index is 9.25. The molecular formula is C17H26O. The fourth-order valence-corrected chi connectivity index (χ4v) is 3.25. The fourth-order valence-electron chi connectivity index (χ4n) is 3.25. The molecule has 1 aromatic rings. The number of benzene rings is 1. The van der Waals surface area contributed by atoms with Crippen LogP contribution in [0, 0.1) is 11.8 Å². The molecule has 0 aliphatic heterocycles. The third-order valence-corrected chi connectivity index (χ3v) is 4.44. The van der Waals surface area contributed by atoms with Crippen LogP contribution in [-0.2, 0) is 6.42 Å². The summed E-state index contributed by atoms with van der Waals surface area (Å²) in [6.07, 6.45) is 11.0. The summed E-state index contributed by atoms with van der Waals surface area (Å²) in [7, 11) is 0. The first-order chi connectivity index (χ1) is 8.78. The number of aryl methyl sites for hydroxylation is 1. The Morgan fingerprint density at radius 3 is 2.06 bits per heavy atom. The number of hydrogen-bond donors (Lipinski definition) is 1. The minimum atomic E-state index is 0.374. The second-order valence-electron chi connectivity index (χ2n) is 5.88. The Bertz CT molecular complexity index is 333. The summed E-state index contributed by atoms with van der Waals surface area (Å²) in [4.78, 5) is 0. The minimum absolute atomic E-state index is 0.374. The van der Waals surface area contributed by atoms with Gasteiger partial charge in [-0.3, -0.25) is 0 Å². The molecule has 1 nitrogen and oxygen atoms in total. The van der Waals surface area contributed by atoms with Crippen LogP contribution >= 0.6 is 0 Å². The molecule has 0 atom stereocenters. The average molecular weight is 246 g/mol. The number of phenolic OH excluding ortho intramolecular Hbond substituents is 1. The van der Waals surface area contributed by atoms with Gasteiger partial charge in [0.2, 0.25) is 0 Å². The van der Waals surface area contributed by atoms with Gasteiger partial charge >= 0.3 is 0 Å². The van der Waals surface area contributed by atoms with Gasteiger partial charge in [-0.15, -0.1) is 0 Å². The van der Waals surface area contributed by atoms with E-state index in [0.717, 1.165) is 11.8 Å². The van der Waals surface area contributed by atoms with Gasteiger partial charge in [-0.2, -0.15) is 0 Å². The second kappa shape index (κ2) is 6.82. The predicted molar refractivity (Wildman–Crippen MR) is 76.8 cm³/mol. The zero-order chi connectivity index (χ0) is 12.8. The van der Waals surface area contributed by atoms with Gasteiger partial charge in [0.25, 0.3) is 0 Å². The maximum Gasteiger partial charge on any atom is 0.115 e. The van der Waals surface area contributed by atoms with Crippen LogP contribution in [0.2, 0.25) is 0 Å². The van der Waals surface area contributed by atoms with E-state index >= 15 is 0 Å². The first-order valence-electron chi connectivity index (χ1n) is 7.56. The van der Waals surface area contributed by atoms with Gasteiger partial charge in [-0.05, 0) is 42.4 Å². The molecule has 0 spiro atoms. The van der Waals surface area contributed by atoms with Crippen molar-refractivity contribution in [1.82, 2.24) is 0 Å². The zero-order valence-corrected chi connectivity index (χ0v) is 11.6. The molecule has 100 valence electrons. The molecule has 0 radical (unpaired) electrons. The summed E-state index contributed by atoms with van der Waals surface area (Å²) in [5.74, 6) is 2.32. The van der Waals surface area contributed by atoms with E-state index in [1.807, 2.05) is 0 Å². The Morgan fingerprint density at radius 1 is 0.944 bits per heavy atom. The normalized spacial score (nSPS) is 24.1. The van der Waals surface area contributed by atoms with Crippen molar-refractivity contribution in [3.8, 4) is 5.75 Å². The molecule has 0 amide bonds. The molecule has 1 aliphatic carbocycles. The Balaban J connectivity index is 1.70. The molecule has 0 aromatic heterocycles. The summed E-state index contributed by atoms with van der Waals surface area (Å²) in [6.45, 7) is 2.30. The lowest BCUT2D eigenvalue weighted by Crippen LogP contribution is -2.15. The van der Waals surface area contributed by atoms with Crippen molar-refractivity contribution in [2.45, 2.75) is 58.3 Å².